The van der Waals surface area contributed by atoms with Gasteiger partial charge in [0.05, 0.1) is 12.7 Å². The largest absolute Gasteiger partial charge is 0.466 e. The number of rotatable bonds is 5. The van der Waals surface area contributed by atoms with Crippen LogP contribution in [0.1, 0.15) is 31.4 Å². The highest BCUT2D eigenvalue weighted by Gasteiger charge is 2.14. The first-order chi connectivity index (χ1) is 8.72. The van der Waals surface area contributed by atoms with E-state index in [1.165, 1.54) is 0 Å². The van der Waals surface area contributed by atoms with Gasteiger partial charge in [0.2, 0.25) is 0 Å². The Bertz CT molecular complexity index is 533. The van der Waals surface area contributed by atoms with E-state index in [1.54, 1.807) is 18.3 Å². The molecule has 1 unspecified atom stereocenters. The molecule has 96 valence electrons. The number of carbonyl (C=O) groups is 1. The molecule has 0 aliphatic heterocycles. The number of fused-ring (bicyclic) bond motifs is 1. The molecule has 0 bridgehead atoms. The topological polar surface area (TPSA) is 46.5 Å². The summed E-state index contributed by atoms with van der Waals surface area (Å²) in [6.07, 6.45) is 0.0456. The van der Waals surface area contributed by atoms with Gasteiger partial charge in [-0.2, -0.15) is 0 Å². The Morgan fingerprint density at radius 2 is 2.22 bits per heavy atom. The second-order valence-corrected chi connectivity index (χ2v) is 4.96. The van der Waals surface area contributed by atoms with E-state index in [9.17, 15) is 9.90 Å². The zero-order valence-electron chi connectivity index (χ0n) is 10.3. The molecule has 0 fully saturated rings. The number of hydrogen-bond acceptors (Lipinski definition) is 4. The predicted molar refractivity (Wildman–Crippen MR) is 72.7 cm³/mol. The van der Waals surface area contributed by atoms with Crippen molar-refractivity contribution < 1.29 is 14.6 Å². The van der Waals surface area contributed by atoms with Gasteiger partial charge in [-0.25, -0.2) is 0 Å². The molecule has 0 saturated heterocycles. The van der Waals surface area contributed by atoms with Gasteiger partial charge in [-0.3, -0.25) is 4.79 Å². The summed E-state index contributed by atoms with van der Waals surface area (Å²) in [4.78, 5) is 11.2. The van der Waals surface area contributed by atoms with E-state index in [2.05, 4.69) is 0 Å². The lowest BCUT2D eigenvalue weighted by Crippen LogP contribution is -2.06. The van der Waals surface area contributed by atoms with Gasteiger partial charge >= 0.3 is 5.97 Å². The van der Waals surface area contributed by atoms with Crippen molar-refractivity contribution in [3.8, 4) is 0 Å². The number of benzene rings is 1. The van der Waals surface area contributed by atoms with Crippen molar-refractivity contribution in [3.05, 3.63) is 35.2 Å². The second-order valence-electron chi connectivity index (χ2n) is 4.05. The Morgan fingerprint density at radius 3 is 3.00 bits per heavy atom. The smallest absolute Gasteiger partial charge is 0.305 e. The van der Waals surface area contributed by atoms with Crippen molar-refractivity contribution in [3.63, 3.8) is 0 Å². The Morgan fingerprint density at radius 1 is 1.44 bits per heavy atom. The highest BCUT2D eigenvalue weighted by Crippen LogP contribution is 2.32. The van der Waals surface area contributed by atoms with Gasteiger partial charge in [0, 0.05) is 11.1 Å². The van der Waals surface area contributed by atoms with E-state index < -0.39 is 6.10 Å². The van der Waals surface area contributed by atoms with Crippen LogP contribution in [0.2, 0.25) is 0 Å². The SMILES string of the molecule is CCOC(=O)CCC(O)c1csc2ccccc12. The Hall–Kier alpha value is -1.39. The third kappa shape index (κ3) is 2.89. The highest BCUT2D eigenvalue weighted by atomic mass is 32.1. The maximum Gasteiger partial charge on any atom is 0.305 e. The van der Waals surface area contributed by atoms with Crippen molar-refractivity contribution in [2.75, 3.05) is 6.61 Å². The van der Waals surface area contributed by atoms with Gasteiger partial charge in [0.25, 0.3) is 0 Å². The number of esters is 1. The van der Waals surface area contributed by atoms with Gasteiger partial charge in [0.15, 0.2) is 0 Å². The fourth-order valence-corrected chi connectivity index (χ4v) is 2.91. The minimum atomic E-state index is -0.606. The molecule has 18 heavy (non-hydrogen) atoms. The van der Waals surface area contributed by atoms with Gasteiger partial charge in [-0.05, 0) is 35.7 Å². The fraction of sp³-hybridized carbons (Fsp3) is 0.357. The average Bonchev–Trinajstić information content (AvgIpc) is 2.80. The maximum absolute atomic E-state index is 11.2. The minimum Gasteiger partial charge on any atom is -0.466 e. The van der Waals surface area contributed by atoms with Crippen molar-refractivity contribution in [1.82, 2.24) is 0 Å². The number of hydrogen-bond donors (Lipinski definition) is 1. The molecule has 2 rings (SSSR count). The number of aliphatic hydroxyl groups excluding tert-OH is 1. The van der Waals surface area contributed by atoms with Crippen molar-refractivity contribution >= 4 is 27.4 Å². The van der Waals surface area contributed by atoms with Crippen LogP contribution in [0, 0.1) is 0 Å². The standard InChI is InChI=1S/C14H16O3S/c1-2-17-14(16)8-7-12(15)11-9-18-13-6-4-3-5-10(11)13/h3-6,9,12,15H,2,7-8H2,1H3. The summed E-state index contributed by atoms with van der Waals surface area (Å²) in [5.41, 5.74) is 0.903. The Balaban J connectivity index is 2.05. The number of carbonyl (C=O) groups excluding carboxylic acids is 1. The monoisotopic (exact) mass is 264 g/mol. The van der Waals surface area contributed by atoms with Crippen LogP contribution in [0.25, 0.3) is 10.1 Å². The molecule has 0 saturated carbocycles. The third-order valence-electron chi connectivity index (χ3n) is 2.80. The Kier molecular flexibility index (Phi) is 4.33. The molecule has 4 heteroatoms. The zero-order valence-corrected chi connectivity index (χ0v) is 11.1. The van der Waals surface area contributed by atoms with E-state index in [1.807, 2.05) is 29.6 Å². The highest BCUT2D eigenvalue weighted by molar-refractivity contribution is 7.17. The normalized spacial score (nSPS) is 12.6. The van der Waals surface area contributed by atoms with Crippen LogP contribution >= 0.6 is 11.3 Å². The van der Waals surface area contributed by atoms with Gasteiger partial charge < -0.3 is 9.84 Å². The lowest BCUT2D eigenvalue weighted by atomic mass is 10.0. The molecular weight excluding hydrogens is 248 g/mol. The van der Waals surface area contributed by atoms with Crippen LogP contribution in [-0.2, 0) is 9.53 Å². The summed E-state index contributed by atoms with van der Waals surface area (Å²) in [6, 6.07) is 7.96. The molecule has 0 spiro atoms. The van der Waals surface area contributed by atoms with E-state index in [-0.39, 0.29) is 12.4 Å². The third-order valence-corrected chi connectivity index (χ3v) is 3.78. The van der Waals surface area contributed by atoms with E-state index in [4.69, 9.17) is 4.74 Å². The molecule has 1 atom stereocenters. The number of aliphatic hydroxyl groups is 1. The van der Waals surface area contributed by atoms with Crippen LogP contribution in [0.3, 0.4) is 0 Å². The summed E-state index contributed by atoms with van der Waals surface area (Å²) >= 11 is 1.61. The van der Waals surface area contributed by atoms with E-state index in [0.717, 1.165) is 15.6 Å². The quantitative estimate of drug-likeness (QED) is 0.843. The molecule has 0 aliphatic rings. The predicted octanol–water partition coefficient (Wildman–Crippen LogP) is 3.28. The van der Waals surface area contributed by atoms with Crippen LogP contribution in [0.4, 0.5) is 0 Å². The van der Waals surface area contributed by atoms with E-state index in [0.29, 0.717) is 13.0 Å². The first kappa shape index (κ1) is 13.1. The summed E-state index contributed by atoms with van der Waals surface area (Å²) in [6.45, 7) is 2.16. The first-order valence-electron chi connectivity index (χ1n) is 6.02. The lowest BCUT2D eigenvalue weighted by molar-refractivity contribution is -0.143. The van der Waals surface area contributed by atoms with Crippen LogP contribution < -0.4 is 0 Å². The molecular formula is C14H16O3S. The Labute approximate surface area is 110 Å². The van der Waals surface area contributed by atoms with Crippen LogP contribution in [0.15, 0.2) is 29.6 Å². The molecule has 3 nitrogen and oxygen atoms in total. The number of ether oxygens (including phenoxy) is 1. The van der Waals surface area contributed by atoms with Gasteiger partial charge in [-0.1, -0.05) is 18.2 Å². The lowest BCUT2D eigenvalue weighted by Gasteiger charge is -2.09. The van der Waals surface area contributed by atoms with Crippen molar-refractivity contribution in [2.45, 2.75) is 25.9 Å². The van der Waals surface area contributed by atoms with Crippen molar-refractivity contribution in [1.29, 1.82) is 0 Å². The molecule has 1 heterocycles. The molecule has 2 aromatic rings. The van der Waals surface area contributed by atoms with Gasteiger partial charge in [-0.15, -0.1) is 11.3 Å². The summed E-state index contributed by atoms with van der Waals surface area (Å²) in [5.74, 6) is -0.254. The zero-order chi connectivity index (χ0) is 13.0. The van der Waals surface area contributed by atoms with Crippen molar-refractivity contribution in [2.24, 2.45) is 0 Å². The average molecular weight is 264 g/mol. The molecule has 1 N–H and O–H groups in total. The minimum absolute atomic E-state index is 0.249. The van der Waals surface area contributed by atoms with Crippen LogP contribution in [-0.4, -0.2) is 17.7 Å². The van der Waals surface area contributed by atoms with E-state index >= 15 is 0 Å². The first-order valence-corrected chi connectivity index (χ1v) is 6.90. The summed E-state index contributed by atoms with van der Waals surface area (Å²) in [5, 5.41) is 13.2. The second kappa shape index (κ2) is 5.98. The van der Waals surface area contributed by atoms with Crippen LogP contribution in [0.5, 0.6) is 0 Å². The molecule has 0 aliphatic carbocycles. The molecule has 0 radical (unpaired) electrons. The number of thiophene rings is 1. The summed E-state index contributed by atoms with van der Waals surface area (Å²) < 4.78 is 6.00. The maximum atomic E-state index is 11.2. The summed E-state index contributed by atoms with van der Waals surface area (Å²) in [7, 11) is 0. The fourth-order valence-electron chi connectivity index (χ4n) is 1.90. The van der Waals surface area contributed by atoms with Gasteiger partial charge in [0.1, 0.15) is 0 Å². The molecule has 1 aromatic heterocycles. The molecule has 1 aromatic carbocycles. The molecule has 0 amide bonds.